The van der Waals surface area contributed by atoms with E-state index in [4.69, 9.17) is 0 Å². The van der Waals surface area contributed by atoms with E-state index in [-0.39, 0.29) is 90.6 Å². The fourth-order valence-electron chi connectivity index (χ4n) is 0. The molecule has 0 aromatic rings. The average Bonchev–Trinajstić information content (AvgIpc) is 0. The van der Waals surface area contributed by atoms with Crippen LogP contribution in [0.1, 0.15) is 2.85 Å². The topological polar surface area (TPSA) is 85.5 Å². The van der Waals surface area contributed by atoms with Gasteiger partial charge in [0.15, 0.2) is 0 Å². The summed E-state index contributed by atoms with van der Waals surface area (Å²) < 4.78 is 0. The second-order valence-electron chi connectivity index (χ2n) is 0. The fourth-order valence-corrected chi connectivity index (χ4v) is 0. The molecule has 0 spiro atoms. The van der Waals surface area contributed by atoms with Gasteiger partial charge in [0.2, 0.25) is 0 Å². The van der Waals surface area contributed by atoms with Crippen LogP contribution in [-0.4, -0.2) is 0 Å². The molecule has 0 saturated heterocycles. The quantitative estimate of drug-likeness (QED) is 0.333. The molecular formula is H2Co2Li2O3. The third kappa shape index (κ3) is 68.8. The Hall–Kier alpha value is 2.09. The first-order valence-electron chi connectivity index (χ1n) is 0. The van der Waals surface area contributed by atoms with E-state index >= 15 is 0 Å². The maximum Gasteiger partial charge on any atom is 3.00 e. The van der Waals surface area contributed by atoms with Gasteiger partial charge in [-0.2, -0.15) is 0 Å². The van der Waals surface area contributed by atoms with Gasteiger partial charge in [0.05, 0.1) is 0 Å². The summed E-state index contributed by atoms with van der Waals surface area (Å²) in [7, 11) is 0. The van der Waals surface area contributed by atoms with Crippen LogP contribution in [0.4, 0.5) is 0 Å². The van der Waals surface area contributed by atoms with E-state index in [1.165, 1.54) is 0 Å². The van der Waals surface area contributed by atoms with Crippen molar-refractivity contribution in [1.29, 1.82) is 0 Å². The van der Waals surface area contributed by atoms with Gasteiger partial charge in [0.25, 0.3) is 0 Å². The second kappa shape index (κ2) is 93.2. The molecule has 0 aromatic heterocycles. The van der Waals surface area contributed by atoms with Gasteiger partial charge >= 0.3 is 71.3 Å². The molecule has 0 heterocycles. The van der Waals surface area contributed by atoms with Gasteiger partial charge in [0, 0.05) is 0 Å². The molecule has 0 aliphatic carbocycles. The molecule has 0 radical (unpaired) electrons. The van der Waals surface area contributed by atoms with E-state index in [1.54, 1.807) is 0 Å². The summed E-state index contributed by atoms with van der Waals surface area (Å²) in [4.78, 5) is 0. The molecule has 0 unspecified atom stereocenters. The molecule has 0 bridgehead atoms. The van der Waals surface area contributed by atoms with Crippen LogP contribution in [-0.2, 0) is 50.0 Å². The summed E-state index contributed by atoms with van der Waals surface area (Å²) in [6.07, 6.45) is 0. The summed E-state index contributed by atoms with van der Waals surface area (Å²) in [5.74, 6) is 0. The van der Waals surface area contributed by atoms with Crippen LogP contribution >= 0.6 is 0 Å². The maximum absolute atomic E-state index is 0. The van der Waals surface area contributed by atoms with Crippen molar-refractivity contribution in [2.45, 2.75) is 0 Å². The van der Waals surface area contributed by atoms with Crippen LogP contribution in [0, 0.1) is 0 Å². The van der Waals surface area contributed by atoms with Gasteiger partial charge in [-0.15, -0.1) is 0 Å². The van der Waals surface area contributed by atoms with Crippen molar-refractivity contribution in [2.75, 3.05) is 0 Å². The Morgan fingerprint density at radius 1 is 0.571 bits per heavy atom. The van der Waals surface area contributed by atoms with E-state index in [0.717, 1.165) is 0 Å². The summed E-state index contributed by atoms with van der Waals surface area (Å²) >= 11 is 0. The van der Waals surface area contributed by atoms with E-state index in [2.05, 4.69) is 0 Å². The molecule has 0 aliphatic heterocycles. The maximum atomic E-state index is 0. The molecule has 7 heavy (non-hydrogen) atoms. The normalized spacial score (nSPS) is 0. The predicted octanol–water partition coefficient (Wildman–Crippen LogP) is -6.13. The van der Waals surface area contributed by atoms with Crippen LogP contribution in [0.15, 0.2) is 0 Å². The zero-order valence-corrected chi connectivity index (χ0v) is 5.97. The van der Waals surface area contributed by atoms with Crippen LogP contribution in [0.3, 0.4) is 0 Å². The zero-order chi connectivity index (χ0) is 0. The van der Waals surface area contributed by atoms with E-state index < -0.39 is 0 Å². The van der Waals surface area contributed by atoms with Crippen molar-refractivity contribution < 1.29 is 90.6 Å². The van der Waals surface area contributed by atoms with E-state index in [1.807, 2.05) is 0 Å². The molecule has 0 rings (SSSR count). The Morgan fingerprint density at radius 3 is 0.571 bits per heavy atom. The average molecular weight is 182 g/mol. The van der Waals surface area contributed by atoms with Gasteiger partial charge in [-0.25, -0.2) is 0 Å². The molecule has 0 aromatic carbocycles. The van der Waals surface area contributed by atoms with E-state index in [0.29, 0.717) is 0 Å². The van der Waals surface area contributed by atoms with Crippen LogP contribution in [0.5, 0.6) is 0 Å². The number of rotatable bonds is 0. The Morgan fingerprint density at radius 2 is 0.571 bits per heavy atom. The molecule has 3 nitrogen and oxygen atoms in total. The van der Waals surface area contributed by atoms with Crippen molar-refractivity contribution in [3.05, 3.63) is 0 Å². The van der Waals surface area contributed by atoms with Crippen LogP contribution < -0.4 is 37.7 Å². The number of hydrogen-bond acceptors (Lipinski definition) is 0. The third-order valence-corrected chi connectivity index (χ3v) is 0. The van der Waals surface area contributed by atoms with Gasteiger partial charge in [-0.05, 0) is 0 Å². The molecule has 0 aliphatic rings. The minimum absolute atomic E-state index is 0. The zero-order valence-electron chi connectivity index (χ0n) is 5.89. The second-order valence-corrected chi connectivity index (χ2v) is 0. The van der Waals surface area contributed by atoms with Gasteiger partial charge in [0.1, 0.15) is 0 Å². The largest absolute Gasteiger partial charge is 3.00 e. The van der Waals surface area contributed by atoms with E-state index in [9.17, 15) is 0 Å². The molecule has 0 amide bonds. The molecule has 0 saturated carbocycles. The molecular weight excluding hydrogens is 180 g/mol. The number of hydrogen-bond donors (Lipinski definition) is 0. The van der Waals surface area contributed by atoms with Gasteiger partial charge in [-0.3, -0.25) is 0 Å². The molecule has 7 heteroatoms. The van der Waals surface area contributed by atoms with Crippen LogP contribution in [0.2, 0.25) is 0 Å². The first-order valence-corrected chi connectivity index (χ1v) is 0. The Labute approximate surface area is 90.0 Å². The smallest absolute Gasteiger partial charge is 2.00 e. The molecule has 0 atom stereocenters. The monoisotopic (exact) mass is 182 g/mol. The first kappa shape index (κ1) is 136. The first-order chi connectivity index (χ1) is 0. The summed E-state index contributed by atoms with van der Waals surface area (Å²) in [6.45, 7) is 0. The predicted molar refractivity (Wildman–Crippen MR) is 4.28 cm³/mol. The summed E-state index contributed by atoms with van der Waals surface area (Å²) in [5, 5.41) is 0. The summed E-state index contributed by atoms with van der Waals surface area (Å²) in [6, 6.07) is 0. The van der Waals surface area contributed by atoms with Crippen LogP contribution in [0.25, 0.3) is 0 Å². The SMILES string of the molecule is [Co+3].[Co+3].[H-].[H-].[Li+].[Li+].[O-2].[O-2].[O-2]. The Kier molecular flexibility index (Phi) is 1820. The van der Waals surface area contributed by atoms with Crippen molar-refractivity contribution >= 4 is 0 Å². The minimum Gasteiger partial charge on any atom is -2.00 e. The van der Waals surface area contributed by atoms with Gasteiger partial charge in [-0.1, -0.05) is 0 Å². The fraction of sp³-hybridized carbons (Fsp3) is 0. The third-order valence-electron chi connectivity index (χ3n) is 0. The van der Waals surface area contributed by atoms with Crippen molar-refractivity contribution in [3.8, 4) is 0 Å². The van der Waals surface area contributed by atoms with Crippen molar-refractivity contribution in [1.82, 2.24) is 0 Å². The Balaban J connectivity index is 0. The molecule has 0 N–H and O–H groups in total. The molecule has 0 fully saturated rings. The van der Waals surface area contributed by atoms with Crippen molar-refractivity contribution in [3.63, 3.8) is 0 Å². The van der Waals surface area contributed by atoms with Gasteiger partial charge < -0.3 is 19.3 Å². The standard InChI is InChI=1S/2Co.2Li.3O.2H/q2*+3;2*+1;3*-2;2*-1. The Bertz CT molecular complexity index is 17.8. The minimum atomic E-state index is 0. The molecule has 40 valence electrons. The summed E-state index contributed by atoms with van der Waals surface area (Å²) in [5.41, 5.74) is 0. The van der Waals surface area contributed by atoms with Crippen molar-refractivity contribution in [2.24, 2.45) is 0 Å².